The number of benzene rings is 4. The molecule has 4 aromatic carbocycles. The maximum Gasteiger partial charge on any atom is 0.242 e. The van der Waals surface area contributed by atoms with Crippen LogP contribution in [0.2, 0.25) is 0 Å². The van der Waals surface area contributed by atoms with Crippen LogP contribution < -0.4 is 10.6 Å². The van der Waals surface area contributed by atoms with Crippen molar-refractivity contribution in [3.8, 4) is 0 Å². The Bertz CT molecular complexity index is 1180. The van der Waals surface area contributed by atoms with Crippen LogP contribution in [0.3, 0.4) is 0 Å². The first kappa shape index (κ1) is 22.4. The minimum Gasteiger partial charge on any atom is -0.326 e. The topological polar surface area (TPSA) is 58.2 Å². The normalized spacial score (nSPS) is 11.4. The quantitative estimate of drug-likeness (QED) is 0.307. The SMILES string of the molecule is O=C(Cc1ccccc1)Nc1ccc(SC(C(=O)Nc2ccccc2)c2ccccc2)cc1. The summed E-state index contributed by atoms with van der Waals surface area (Å²) < 4.78 is 0. The molecule has 0 saturated carbocycles. The lowest BCUT2D eigenvalue weighted by Crippen LogP contribution is -2.19. The van der Waals surface area contributed by atoms with Crippen molar-refractivity contribution in [2.75, 3.05) is 10.6 Å². The second kappa shape index (κ2) is 11.2. The number of carbonyl (C=O) groups is 2. The van der Waals surface area contributed by atoms with Gasteiger partial charge in [0.05, 0.1) is 6.42 Å². The van der Waals surface area contributed by atoms with E-state index in [1.165, 1.54) is 11.8 Å². The van der Waals surface area contributed by atoms with E-state index in [1.54, 1.807) is 0 Å². The summed E-state index contributed by atoms with van der Waals surface area (Å²) in [5.74, 6) is -0.149. The van der Waals surface area contributed by atoms with Crippen molar-refractivity contribution in [1.29, 1.82) is 0 Å². The smallest absolute Gasteiger partial charge is 0.242 e. The Kier molecular flexibility index (Phi) is 7.56. The van der Waals surface area contributed by atoms with Gasteiger partial charge in [-0.25, -0.2) is 0 Å². The molecule has 4 nitrogen and oxygen atoms in total. The van der Waals surface area contributed by atoms with E-state index in [1.807, 2.05) is 115 Å². The zero-order chi connectivity index (χ0) is 22.9. The molecule has 0 spiro atoms. The van der Waals surface area contributed by atoms with E-state index in [0.717, 1.165) is 27.4 Å². The molecule has 1 unspecified atom stereocenters. The zero-order valence-corrected chi connectivity index (χ0v) is 18.8. The van der Waals surface area contributed by atoms with Gasteiger partial charge in [0, 0.05) is 16.3 Å². The molecule has 164 valence electrons. The van der Waals surface area contributed by atoms with Crippen LogP contribution in [-0.4, -0.2) is 11.8 Å². The van der Waals surface area contributed by atoms with Gasteiger partial charge in [-0.2, -0.15) is 0 Å². The molecule has 0 radical (unpaired) electrons. The lowest BCUT2D eigenvalue weighted by Gasteiger charge is -2.17. The van der Waals surface area contributed by atoms with Crippen LogP contribution in [-0.2, 0) is 16.0 Å². The second-order valence-electron chi connectivity index (χ2n) is 7.50. The van der Waals surface area contributed by atoms with E-state index in [9.17, 15) is 9.59 Å². The van der Waals surface area contributed by atoms with Gasteiger partial charge in [0.25, 0.3) is 0 Å². The number of nitrogens with one attached hydrogen (secondary N) is 2. The van der Waals surface area contributed by atoms with Crippen molar-refractivity contribution in [2.24, 2.45) is 0 Å². The van der Waals surface area contributed by atoms with Gasteiger partial charge in [-0.1, -0.05) is 78.9 Å². The predicted molar refractivity (Wildman–Crippen MR) is 135 cm³/mol. The number of anilines is 2. The maximum atomic E-state index is 13.1. The summed E-state index contributed by atoms with van der Waals surface area (Å²) >= 11 is 1.47. The number of thioether (sulfide) groups is 1. The van der Waals surface area contributed by atoms with E-state index in [-0.39, 0.29) is 11.8 Å². The van der Waals surface area contributed by atoms with Gasteiger partial charge in [-0.15, -0.1) is 11.8 Å². The highest BCUT2D eigenvalue weighted by Gasteiger charge is 2.22. The first-order valence-electron chi connectivity index (χ1n) is 10.7. The van der Waals surface area contributed by atoms with Crippen LogP contribution in [0.15, 0.2) is 120 Å². The van der Waals surface area contributed by atoms with Gasteiger partial charge in [0.2, 0.25) is 11.8 Å². The molecule has 0 aliphatic carbocycles. The van der Waals surface area contributed by atoms with Gasteiger partial charge >= 0.3 is 0 Å². The molecule has 0 aliphatic heterocycles. The summed E-state index contributed by atoms with van der Waals surface area (Å²) in [5, 5.41) is 5.52. The maximum absolute atomic E-state index is 13.1. The van der Waals surface area contributed by atoms with Crippen molar-refractivity contribution in [2.45, 2.75) is 16.6 Å². The van der Waals surface area contributed by atoms with Crippen molar-refractivity contribution < 1.29 is 9.59 Å². The number of rotatable bonds is 8. The monoisotopic (exact) mass is 452 g/mol. The third-order valence-electron chi connectivity index (χ3n) is 4.98. The third kappa shape index (κ3) is 6.57. The number of carbonyl (C=O) groups excluding carboxylic acids is 2. The summed E-state index contributed by atoms with van der Waals surface area (Å²) in [6.07, 6.45) is 0.326. The molecular formula is C28H24N2O2S. The Hall–Kier alpha value is -3.83. The first-order chi connectivity index (χ1) is 16.2. The number of para-hydroxylation sites is 1. The van der Waals surface area contributed by atoms with Crippen molar-refractivity contribution >= 4 is 35.0 Å². The number of hydrogen-bond donors (Lipinski definition) is 2. The molecule has 0 heterocycles. The van der Waals surface area contributed by atoms with E-state index in [2.05, 4.69) is 10.6 Å². The Morgan fingerprint density at radius 2 is 1.18 bits per heavy atom. The van der Waals surface area contributed by atoms with Crippen LogP contribution in [0, 0.1) is 0 Å². The lowest BCUT2D eigenvalue weighted by atomic mass is 10.1. The lowest BCUT2D eigenvalue weighted by molar-refractivity contribution is -0.116. The zero-order valence-electron chi connectivity index (χ0n) is 18.0. The van der Waals surface area contributed by atoms with Crippen LogP contribution in [0.5, 0.6) is 0 Å². The second-order valence-corrected chi connectivity index (χ2v) is 8.68. The molecule has 0 aliphatic rings. The van der Waals surface area contributed by atoms with Gasteiger partial charge in [0.15, 0.2) is 0 Å². The fourth-order valence-corrected chi connectivity index (χ4v) is 4.39. The molecule has 2 amide bonds. The third-order valence-corrected chi connectivity index (χ3v) is 6.25. The Morgan fingerprint density at radius 1 is 0.636 bits per heavy atom. The number of hydrogen-bond acceptors (Lipinski definition) is 3. The summed E-state index contributed by atoms with van der Waals surface area (Å²) in [7, 11) is 0. The molecule has 0 saturated heterocycles. The summed E-state index contributed by atoms with van der Waals surface area (Å²) in [5.41, 5.74) is 3.39. The van der Waals surface area contributed by atoms with E-state index < -0.39 is 5.25 Å². The van der Waals surface area contributed by atoms with Crippen LogP contribution in [0.25, 0.3) is 0 Å². The molecule has 2 N–H and O–H groups in total. The van der Waals surface area contributed by atoms with Crippen LogP contribution >= 0.6 is 11.8 Å². The fourth-order valence-electron chi connectivity index (χ4n) is 3.37. The predicted octanol–water partition coefficient (Wildman–Crippen LogP) is 6.34. The Balaban J connectivity index is 1.43. The average molecular weight is 453 g/mol. The minimum absolute atomic E-state index is 0.0639. The Labute approximate surface area is 198 Å². The molecule has 0 fully saturated rings. The first-order valence-corrected chi connectivity index (χ1v) is 11.6. The number of amides is 2. The molecule has 0 aromatic heterocycles. The van der Waals surface area contributed by atoms with Gasteiger partial charge in [0.1, 0.15) is 5.25 Å². The minimum atomic E-state index is -0.412. The van der Waals surface area contributed by atoms with Gasteiger partial charge < -0.3 is 10.6 Å². The molecular weight excluding hydrogens is 428 g/mol. The van der Waals surface area contributed by atoms with Crippen LogP contribution in [0.4, 0.5) is 11.4 Å². The molecule has 4 rings (SSSR count). The highest BCUT2D eigenvalue weighted by molar-refractivity contribution is 8.00. The van der Waals surface area contributed by atoms with Crippen LogP contribution in [0.1, 0.15) is 16.4 Å². The molecule has 5 heteroatoms. The van der Waals surface area contributed by atoms with E-state index >= 15 is 0 Å². The van der Waals surface area contributed by atoms with E-state index in [4.69, 9.17) is 0 Å². The summed E-state index contributed by atoms with van der Waals surface area (Å²) in [4.78, 5) is 26.4. The average Bonchev–Trinajstić information content (AvgIpc) is 2.85. The van der Waals surface area contributed by atoms with Gasteiger partial charge in [-0.3, -0.25) is 9.59 Å². The summed E-state index contributed by atoms with van der Waals surface area (Å²) in [6, 6.07) is 36.4. The van der Waals surface area contributed by atoms with Crippen molar-refractivity contribution in [1.82, 2.24) is 0 Å². The highest BCUT2D eigenvalue weighted by atomic mass is 32.2. The molecule has 0 bridgehead atoms. The molecule has 1 atom stereocenters. The standard InChI is InChI=1S/C28H24N2O2S/c31-26(20-21-10-4-1-5-11-21)29-24-16-18-25(19-17-24)33-27(22-12-6-2-7-13-22)28(32)30-23-14-8-3-9-15-23/h1-19,27H,20H2,(H,29,31)(H,30,32). The van der Waals surface area contributed by atoms with Gasteiger partial charge in [-0.05, 0) is 47.5 Å². The fraction of sp³-hybridized carbons (Fsp3) is 0.0714. The van der Waals surface area contributed by atoms with E-state index in [0.29, 0.717) is 6.42 Å². The Morgan fingerprint density at radius 3 is 1.82 bits per heavy atom. The van der Waals surface area contributed by atoms with Crippen molar-refractivity contribution in [3.05, 3.63) is 126 Å². The summed E-state index contributed by atoms with van der Waals surface area (Å²) in [6.45, 7) is 0. The largest absolute Gasteiger partial charge is 0.326 e. The molecule has 33 heavy (non-hydrogen) atoms. The molecule has 4 aromatic rings. The van der Waals surface area contributed by atoms with Crippen molar-refractivity contribution in [3.63, 3.8) is 0 Å². The highest BCUT2D eigenvalue weighted by Crippen LogP contribution is 2.36.